The van der Waals surface area contributed by atoms with Gasteiger partial charge in [-0.1, -0.05) is 0 Å². The summed E-state index contributed by atoms with van der Waals surface area (Å²) < 4.78 is 23.7. The maximum absolute atomic E-state index is 11.6. The van der Waals surface area contributed by atoms with E-state index in [1.165, 1.54) is 0 Å². The highest BCUT2D eigenvalue weighted by atomic mass is 32.2. The first kappa shape index (κ1) is 14.7. The molecule has 8 heteroatoms. The van der Waals surface area contributed by atoms with Crippen LogP contribution in [0.3, 0.4) is 0 Å². The minimum absolute atomic E-state index is 0.0933. The van der Waals surface area contributed by atoms with Crippen molar-refractivity contribution in [3.05, 3.63) is 18.2 Å². The van der Waals surface area contributed by atoms with E-state index in [4.69, 9.17) is 5.73 Å². The number of nitrogens with one attached hydrogen (secondary N) is 1. The molecule has 0 fully saturated rings. The molecular formula is C10H18N4O3S. The van der Waals surface area contributed by atoms with Crippen LogP contribution in [0.4, 0.5) is 0 Å². The molecule has 3 N–H and O–H groups in total. The van der Waals surface area contributed by atoms with E-state index in [9.17, 15) is 13.2 Å². The molecule has 1 aromatic rings. The van der Waals surface area contributed by atoms with Crippen LogP contribution in [0, 0.1) is 0 Å². The van der Waals surface area contributed by atoms with Crippen LogP contribution in [-0.4, -0.2) is 41.9 Å². The van der Waals surface area contributed by atoms with Gasteiger partial charge in [-0.25, -0.2) is 13.4 Å². The summed E-state index contributed by atoms with van der Waals surface area (Å²) in [6, 6.07) is -0.819. The number of imidazole rings is 1. The van der Waals surface area contributed by atoms with Gasteiger partial charge in [0.2, 0.25) is 5.91 Å². The van der Waals surface area contributed by atoms with Gasteiger partial charge in [0.25, 0.3) is 0 Å². The van der Waals surface area contributed by atoms with E-state index in [0.29, 0.717) is 5.82 Å². The minimum Gasteiger partial charge on any atom is -0.348 e. The third-order valence-electron chi connectivity index (χ3n) is 2.48. The van der Waals surface area contributed by atoms with Crippen LogP contribution in [0.2, 0.25) is 0 Å². The number of aryl methyl sites for hydroxylation is 1. The van der Waals surface area contributed by atoms with Crippen molar-refractivity contribution in [2.45, 2.75) is 19.0 Å². The van der Waals surface area contributed by atoms with Gasteiger partial charge < -0.3 is 15.6 Å². The maximum atomic E-state index is 11.6. The topological polar surface area (TPSA) is 107 Å². The molecule has 102 valence electrons. The fourth-order valence-corrected chi connectivity index (χ4v) is 2.02. The first-order chi connectivity index (χ1) is 8.29. The van der Waals surface area contributed by atoms with Crippen molar-refractivity contribution in [1.82, 2.24) is 14.9 Å². The molecule has 0 aliphatic heterocycles. The van der Waals surface area contributed by atoms with Gasteiger partial charge in [0.15, 0.2) is 0 Å². The van der Waals surface area contributed by atoms with Crippen molar-refractivity contribution in [3.63, 3.8) is 0 Å². The molecule has 0 spiro atoms. The van der Waals surface area contributed by atoms with Crippen molar-refractivity contribution in [2.24, 2.45) is 12.8 Å². The quantitative estimate of drug-likeness (QED) is 0.677. The fourth-order valence-electron chi connectivity index (χ4n) is 1.34. The number of carbonyl (C=O) groups is 1. The summed E-state index contributed by atoms with van der Waals surface area (Å²) in [5, 5.41) is 2.62. The Bertz CT molecular complexity index is 509. The van der Waals surface area contributed by atoms with Crippen molar-refractivity contribution in [2.75, 3.05) is 12.0 Å². The van der Waals surface area contributed by atoms with Gasteiger partial charge in [0.05, 0.1) is 18.3 Å². The van der Waals surface area contributed by atoms with Gasteiger partial charge in [-0.2, -0.15) is 0 Å². The second-order valence-corrected chi connectivity index (χ2v) is 6.46. The average Bonchev–Trinajstić information content (AvgIpc) is 2.67. The van der Waals surface area contributed by atoms with E-state index in [1.54, 1.807) is 17.0 Å². The largest absolute Gasteiger partial charge is 0.348 e. The number of amides is 1. The van der Waals surface area contributed by atoms with Gasteiger partial charge in [-0.05, 0) is 6.42 Å². The molecule has 0 aliphatic rings. The van der Waals surface area contributed by atoms with Gasteiger partial charge in [-0.15, -0.1) is 0 Å². The normalized spacial score (nSPS) is 13.3. The summed E-state index contributed by atoms with van der Waals surface area (Å²) >= 11 is 0. The summed E-state index contributed by atoms with van der Waals surface area (Å²) in [6.45, 7) is 0.273. The van der Waals surface area contributed by atoms with Crippen molar-refractivity contribution >= 4 is 15.7 Å². The Balaban J connectivity index is 2.39. The van der Waals surface area contributed by atoms with E-state index >= 15 is 0 Å². The number of aromatic nitrogens is 2. The summed E-state index contributed by atoms with van der Waals surface area (Å²) in [7, 11) is -1.28. The Morgan fingerprint density at radius 1 is 1.61 bits per heavy atom. The molecular weight excluding hydrogens is 256 g/mol. The zero-order valence-electron chi connectivity index (χ0n) is 10.5. The lowest BCUT2D eigenvalue weighted by atomic mass is 10.2. The van der Waals surface area contributed by atoms with Crippen LogP contribution in [-0.2, 0) is 28.2 Å². The van der Waals surface area contributed by atoms with Crippen molar-refractivity contribution in [3.8, 4) is 0 Å². The minimum atomic E-state index is -3.09. The van der Waals surface area contributed by atoms with Gasteiger partial charge in [0, 0.05) is 25.7 Å². The van der Waals surface area contributed by atoms with Crippen LogP contribution < -0.4 is 11.1 Å². The Morgan fingerprint density at radius 2 is 2.28 bits per heavy atom. The van der Waals surface area contributed by atoms with Crippen LogP contribution in [0.5, 0.6) is 0 Å². The molecule has 1 heterocycles. The number of nitrogens with zero attached hydrogens (tertiary/aromatic N) is 2. The monoisotopic (exact) mass is 274 g/mol. The Kier molecular flexibility index (Phi) is 4.85. The highest BCUT2D eigenvalue weighted by Crippen LogP contribution is 1.96. The van der Waals surface area contributed by atoms with E-state index in [2.05, 4.69) is 10.3 Å². The Morgan fingerprint density at radius 3 is 2.78 bits per heavy atom. The van der Waals surface area contributed by atoms with E-state index in [-0.39, 0.29) is 24.6 Å². The van der Waals surface area contributed by atoms with Crippen LogP contribution in [0.1, 0.15) is 12.2 Å². The number of hydrogen-bond donors (Lipinski definition) is 2. The summed E-state index contributed by atoms with van der Waals surface area (Å²) in [4.78, 5) is 15.6. The number of nitrogens with two attached hydrogens (primary N) is 1. The van der Waals surface area contributed by atoms with E-state index in [0.717, 1.165) is 6.26 Å². The molecule has 0 aliphatic carbocycles. The first-order valence-electron chi connectivity index (χ1n) is 5.47. The molecule has 1 amide bonds. The third-order valence-corrected chi connectivity index (χ3v) is 3.46. The van der Waals surface area contributed by atoms with Gasteiger partial charge in [0.1, 0.15) is 15.7 Å². The summed E-state index contributed by atoms with van der Waals surface area (Å²) in [5.74, 6) is 0.240. The maximum Gasteiger partial charge on any atom is 0.237 e. The van der Waals surface area contributed by atoms with E-state index in [1.807, 2.05) is 7.05 Å². The fraction of sp³-hybridized carbons (Fsp3) is 0.600. The molecule has 0 aromatic carbocycles. The molecule has 0 saturated heterocycles. The second-order valence-electron chi connectivity index (χ2n) is 4.20. The molecule has 18 heavy (non-hydrogen) atoms. The number of carbonyl (C=O) groups excluding carboxylic acids is 1. The zero-order chi connectivity index (χ0) is 13.8. The molecule has 1 unspecified atom stereocenters. The second kappa shape index (κ2) is 5.96. The van der Waals surface area contributed by atoms with Crippen molar-refractivity contribution in [1.29, 1.82) is 0 Å². The lowest BCUT2D eigenvalue weighted by molar-refractivity contribution is -0.122. The molecule has 1 atom stereocenters. The standard InChI is InChI=1S/C10H18N4O3S/c1-14-5-4-12-9(14)7-13-10(15)8(11)3-6-18(2,16)17/h4-5,8H,3,6-7,11H2,1-2H3,(H,13,15). The zero-order valence-corrected chi connectivity index (χ0v) is 11.3. The SMILES string of the molecule is Cn1ccnc1CNC(=O)C(N)CCS(C)(=O)=O. The van der Waals surface area contributed by atoms with Crippen LogP contribution in [0.15, 0.2) is 12.4 Å². The number of hydrogen-bond acceptors (Lipinski definition) is 5. The lowest BCUT2D eigenvalue weighted by Gasteiger charge is -2.11. The van der Waals surface area contributed by atoms with Gasteiger partial charge >= 0.3 is 0 Å². The molecule has 1 rings (SSSR count). The molecule has 0 bridgehead atoms. The summed E-state index contributed by atoms with van der Waals surface area (Å²) in [6.07, 6.45) is 4.63. The lowest BCUT2D eigenvalue weighted by Crippen LogP contribution is -2.41. The highest BCUT2D eigenvalue weighted by Gasteiger charge is 2.16. The molecule has 0 radical (unpaired) electrons. The van der Waals surface area contributed by atoms with Gasteiger partial charge in [-0.3, -0.25) is 4.79 Å². The highest BCUT2D eigenvalue weighted by molar-refractivity contribution is 7.90. The van der Waals surface area contributed by atoms with E-state index < -0.39 is 15.9 Å². The molecule has 7 nitrogen and oxygen atoms in total. The Hall–Kier alpha value is -1.41. The Labute approximate surface area is 106 Å². The predicted molar refractivity (Wildman–Crippen MR) is 67.4 cm³/mol. The molecule has 1 aromatic heterocycles. The van der Waals surface area contributed by atoms with Crippen LogP contribution >= 0.6 is 0 Å². The molecule has 0 saturated carbocycles. The third kappa shape index (κ3) is 4.84. The number of sulfone groups is 1. The predicted octanol–water partition coefficient (Wildman–Crippen LogP) is -1.20. The van der Waals surface area contributed by atoms with Crippen LogP contribution in [0.25, 0.3) is 0 Å². The number of rotatable bonds is 6. The summed E-state index contributed by atoms with van der Waals surface area (Å²) in [5.41, 5.74) is 5.60. The first-order valence-corrected chi connectivity index (χ1v) is 7.53. The van der Waals surface area contributed by atoms with Crippen molar-refractivity contribution < 1.29 is 13.2 Å². The smallest absolute Gasteiger partial charge is 0.237 e. The average molecular weight is 274 g/mol.